The van der Waals surface area contributed by atoms with Gasteiger partial charge in [0.1, 0.15) is 10.7 Å². The zero-order chi connectivity index (χ0) is 14.8. The summed E-state index contributed by atoms with van der Waals surface area (Å²) in [6, 6.07) is 9.43. The average Bonchev–Trinajstić information content (AvgIpc) is 2.41. The Balaban J connectivity index is 2.43. The van der Waals surface area contributed by atoms with Crippen LogP contribution in [0.5, 0.6) is 0 Å². The molecule has 0 fully saturated rings. The Morgan fingerprint density at radius 3 is 2.60 bits per heavy atom. The summed E-state index contributed by atoms with van der Waals surface area (Å²) in [6.45, 7) is -0.324. The van der Waals surface area contributed by atoms with Crippen LogP contribution in [0.3, 0.4) is 0 Å². The molecule has 20 heavy (non-hydrogen) atoms. The van der Waals surface area contributed by atoms with Crippen LogP contribution in [0, 0.1) is 5.82 Å². The number of halogens is 2. The van der Waals surface area contributed by atoms with Crippen molar-refractivity contribution in [1.29, 1.82) is 0 Å². The standard InChI is InChI=1S/C13H11ClFNO3S/c14-11-6-5-10(15)7-13(11)20(18,19)16-12-4-2-1-3-9(12)8-17/h1-7,16-17H,8H2. The van der Waals surface area contributed by atoms with E-state index in [-0.39, 0.29) is 22.2 Å². The van der Waals surface area contributed by atoms with Gasteiger partial charge in [-0.2, -0.15) is 0 Å². The van der Waals surface area contributed by atoms with E-state index in [1.165, 1.54) is 12.1 Å². The van der Waals surface area contributed by atoms with Crippen LogP contribution in [-0.2, 0) is 16.6 Å². The van der Waals surface area contributed by atoms with Gasteiger partial charge in [-0.25, -0.2) is 12.8 Å². The molecule has 0 spiro atoms. The van der Waals surface area contributed by atoms with Crippen molar-refractivity contribution in [2.24, 2.45) is 0 Å². The predicted octanol–water partition coefficient (Wildman–Crippen LogP) is 2.77. The van der Waals surface area contributed by atoms with E-state index < -0.39 is 15.8 Å². The molecule has 0 aliphatic heterocycles. The Morgan fingerprint density at radius 2 is 1.90 bits per heavy atom. The topological polar surface area (TPSA) is 66.4 Å². The van der Waals surface area contributed by atoms with E-state index in [1.54, 1.807) is 18.2 Å². The van der Waals surface area contributed by atoms with E-state index >= 15 is 0 Å². The number of benzene rings is 2. The molecule has 2 rings (SSSR count). The van der Waals surface area contributed by atoms with Crippen LogP contribution >= 0.6 is 11.6 Å². The van der Waals surface area contributed by atoms with E-state index in [4.69, 9.17) is 16.7 Å². The third-order valence-electron chi connectivity index (χ3n) is 2.61. The van der Waals surface area contributed by atoms with Gasteiger partial charge < -0.3 is 5.11 Å². The zero-order valence-corrected chi connectivity index (χ0v) is 11.7. The molecule has 0 aliphatic carbocycles. The summed E-state index contributed by atoms with van der Waals surface area (Å²) >= 11 is 5.79. The number of hydrogen-bond acceptors (Lipinski definition) is 3. The first kappa shape index (κ1) is 14.8. The Bertz CT molecular complexity index is 734. The Kier molecular flexibility index (Phi) is 4.27. The van der Waals surface area contributed by atoms with Crippen molar-refractivity contribution < 1.29 is 17.9 Å². The van der Waals surface area contributed by atoms with Crippen LogP contribution in [0.25, 0.3) is 0 Å². The summed E-state index contributed by atoms with van der Waals surface area (Å²) in [5.74, 6) is -0.704. The van der Waals surface area contributed by atoms with Gasteiger partial charge in [-0.05, 0) is 24.3 Å². The van der Waals surface area contributed by atoms with Crippen molar-refractivity contribution in [3.8, 4) is 0 Å². The first-order valence-electron chi connectivity index (χ1n) is 5.60. The van der Waals surface area contributed by atoms with E-state index in [0.717, 1.165) is 12.1 Å². The second-order valence-electron chi connectivity index (χ2n) is 4.00. The molecule has 0 saturated carbocycles. The van der Waals surface area contributed by atoms with Crippen molar-refractivity contribution in [3.63, 3.8) is 0 Å². The maximum atomic E-state index is 13.2. The average molecular weight is 316 g/mol. The summed E-state index contributed by atoms with van der Waals surface area (Å²) in [5, 5.41) is 9.08. The molecule has 7 heteroatoms. The second kappa shape index (κ2) is 5.78. The molecule has 0 radical (unpaired) electrons. The lowest BCUT2D eigenvalue weighted by Crippen LogP contribution is -2.15. The fourth-order valence-corrected chi connectivity index (χ4v) is 3.25. The summed E-state index contributed by atoms with van der Waals surface area (Å²) in [7, 11) is -4.03. The van der Waals surface area contributed by atoms with Gasteiger partial charge in [0, 0.05) is 5.56 Å². The quantitative estimate of drug-likeness (QED) is 0.911. The van der Waals surface area contributed by atoms with Gasteiger partial charge in [-0.3, -0.25) is 4.72 Å². The van der Waals surface area contributed by atoms with Crippen LogP contribution in [0.4, 0.5) is 10.1 Å². The fraction of sp³-hybridized carbons (Fsp3) is 0.0769. The SMILES string of the molecule is O=S(=O)(Nc1ccccc1CO)c1cc(F)ccc1Cl. The smallest absolute Gasteiger partial charge is 0.263 e. The van der Waals surface area contributed by atoms with Gasteiger partial charge in [0.15, 0.2) is 0 Å². The molecule has 0 bridgehead atoms. The molecule has 0 aromatic heterocycles. The van der Waals surface area contributed by atoms with Gasteiger partial charge in [0.05, 0.1) is 17.3 Å². The first-order valence-corrected chi connectivity index (χ1v) is 7.47. The van der Waals surface area contributed by atoms with E-state index in [2.05, 4.69) is 4.72 Å². The molecule has 2 aromatic rings. The molecular formula is C13H11ClFNO3S. The Hall–Kier alpha value is -1.63. The van der Waals surface area contributed by atoms with Crippen LogP contribution in [0.2, 0.25) is 5.02 Å². The molecule has 0 saturated heterocycles. The monoisotopic (exact) mass is 315 g/mol. The van der Waals surface area contributed by atoms with Crippen molar-refractivity contribution in [3.05, 3.63) is 58.9 Å². The molecule has 106 valence electrons. The number of rotatable bonds is 4. The third-order valence-corrected chi connectivity index (χ3v) is 4.46. The highest BCUT2D eigenvalue weighted by Crippen LogP contribution is 2.25. The maximum absolute atomic E-state index is 13.2. The number of sulfonamides is 1. The number of nitrogens with one attached hydrogen (secondary N) is 1. The van der Waals surface area contributed by atoms with Crippen LogP contribution in [0.15, 0.2) is 47.4 Å². The van der Waals surface area contributed by atoms with Crippen molar-refractivity contribution in [2.75, 3.05) is 4.72 Å². The van der Waals surface area contributed by atoms with Crippen molar-refractivity contribution in [1.82, 2.24) is 0 Å². The van der Waals surface area contributed by atoms with Gasteiger partial charge in [0.25, 0.3) is 10.0 Å². The minimum Gasteiger partial charge on any atom is -0.392 e. The Morgan fingerprint density at radius 1 is 1.20 bits per heavy atom. The molecule has 0 unspecified atom stereocenters. The molecule has 0 atom stereocenters. The van der Waals surface area contributed by atoms with Crippen LogP contribution < -0.4 is 4.72 Å². The van der Waals surface area contributed by atoms with Gasteiger partial charge >= 0.3 is 0 Å². The van der Waals surface area contributed by atoms with E-state index in [0.29, 0.717) is 5.56 Å². The van der Waals surface area contributed by atoms with E-state index in [9.17, 15) is 12.8 Å². The minimum atomic E-state index is -4.03. The minimum absolute atomic E-state index is 0.0830. The van der Waals surface area contributed by atoms with E-state index in [1.807, 2.05) is 0 Å². The maximum Gasteiger partial charge on any atom is 0.263 e. The highest BCUT2D eigenvalue weighted by Gasteiger charge is 2.19. The molecule has 4 nitrogen and oxygen atoms in total. The lowest BCUT2D eigenvalue weighted by molar-refractivity contribution is 0.282. The fourth-order valence-electron chi connectivity index (χ4n) is 1.64. The van der Waals surface area contributed by atoms with Gasteiger partial charge in [0.2, 0.25) is 0 Å². The summed E-state index contributed by atoms with van der Waals surface area (Å²) in [4.78, 5) is -0.355. The number of hydrogen-bond donors (Lipinski definition) is 2. The zero-order valence-electron chi connectivity index (χ0n) is 10.2. The lowest BCUT2D eigenvalue weighted by atomic mass is 10.2. The molecule has 0 heterocycles. The molecule has 2 aromatic carbocycles. The molecule has 2 N–H and O–H groups in total. The normalized spacial score (nSPS) is 11.3. The lowest BCUT2D eigenvalue weighted by Gasteiger charge is -2.12. The Labute approximate surface area is 120 Å². The molecule has 0 amide bonds. The molecular weight excluding hydrogens is 305 g/mol. The van der Waals surface area contributed by atoms with Crippen molar-refractivity contribution >= 4 is 27.3 Å². The number of para-hydroxylation sites is 1. The molecule has 0 aliphatic rings. The van der Waals surface area contributed by atoms with Gasteiger partial charge in [-0.15, -0.1) is 0 Å². The summed E-state index contributed by atoms with van der Waals surface area (Å²) in [6.07, 6.45) is 0. The first-order chi connectivity index (χ1) is 9.44. The van der Waals surface area contributed by atoms with Crippen LogP contribution in [0.1, 0.15) is 5.56 Å². The highest BCUT2D eigenvalue weighted by atomic mass is 35.5. The number of aliphatic hydroxyl groups is 1. The van der Waals surface area contributed by atoms with Gasteiger partial charge in [-0.1, -0.05) is 29.8 Å². The van der Waals surface area contributed by atoms with Crippen LogP contribution in [-0.4, -0.2) is 13.5 Å². The predicted molar refractivity (Wildman–Crippen MR) is 74.6 cm³/mol. The number of aliphatic hydroxyl groups excluding tert-OH is 1. The summed E-state index contributed by atoms with van der Waals surface area (Å²) < 4.78 is 39.9. The third kappa shape index (κ3) is 3.09. The largest absolute Gasteiger partial charge is 0.392 e. The van der Waals surface area contributed by atoms with Crippen molar-refractivity contribution in [2.45, 2.75) is 11.5 Å². The highest BCUT2D eigenvalue weighted by molar-refractivity contribution is 7.92. The number of anilines is 1. The summed E-state index contributed by atoms with van der Waals surface area (Å²) in [5.41, 5.74) is 0.624. The second-order valence-corrected chi connectivity index (χ2v) is 6.05.